The summed E-state index contributed by atoms with van der Waals surface area (Å²) in [5, 5.41) is 4.03. The maximum Gasteiger partial charge on any atom is 0.316 e. The first-order chi connectivity index (χ1) is 14.9. The summed E-state index contributed by atoms with van der Waals surface area (Å²) in [7, 11) is 1.62. The molecule has 0 aliphatic heterocycles. The Labute approximate surface area is 177 Å². The number of ether oxygens (including phenoxy) is 1. The van der Waals surface area contributed by atoms with Gasteiger partial charge in [0.15, 0.2) is 0 Å². The number of fused-ring (bicyclic) bond motifs is 1. The second kappa shape index (κ2) is 8.43. The molecule has 2 aromatic heterocycles. The van der Waals surface area contributed by atoms with E-state index < -0.39 is 11.1 Å². The van der Waals surface area contributed by atoms with Gasteiger partial charge < -0.3 is 18.8 Å². The Bertz CT molecular complexity index is 1360. The standard InChI is InChI=1S/C23H22N4O4/c1-14(2)13-27-19-10-7-16(12-18(19)24-22(28)23(27)29)21-25-20(31-26-21)11-6-15-4-8-17(30-3)9-5-15/h4-12,14H,13H2,1-3H3,(H,24,28). The van der Waals surface area contributed by atoms with E-state index in [1.54, 1.807) is 31.4 Å². The number of hydrogen-bond acceptors (Lipinski definition) is 6. The average molecular weight is 418 g/mol. The van der Waals surface area contributed by atoms with Gasteiger partial charge in [0.1, 0.15) is 5.75 Å². The van der Waals surface area contributed by atoms with Crippen LogP contribution in [0.25, 0.3) is 34.6 Å². The van der Waals surface area contributed by atoms with Gasteiger partial charge in [-0.15, -0.1) is 0 Å². The van der Waals surface area contributed by atoms with Crippen molar-refractivity contribution in [2.24, 2.45) is 5.92 Å². The van der Waals surface area contributed by atoms with Crippen LogP contribution in [-0.4, -0.2) is 26.8 Å². The van der Waals surface area contributed by atoms with Crippen LogP contribution in [0.3, 0.4) is 0 Å². The minimum atomic E-state index is -0.651. The van der Waals surface area contributed by atoms with E-state index in [4.69, 9.17) is 9.26 Å². The molecule has 0 fully saturated rings. The van der Waals surface area contributed by atoms with Crippen molar-refractivity contribution in [2.45, 2.75) is 20.4 Å². The fourth-order valence-corrected chi connectivity index (χ4v) is 3.27. The van der Waals surface area contributed by atoms with Crippen molar-refractivity contribution in [3.63, 3.8) is 0 Å². The molecule has 0 spiro atoms. The van der Waals surface area contributed by atoms with Crippen LogP contribution in [0.2, 0.25) is 0 Å². The van der Waals surface area contributed by atoms with Crippen molar-refractivity contribution in [3.05, 3.63) is 74.6 Å². The topological polar surface area (TPSA) is 103 Å². The van der Waals surface area contributed by atoms with E-state index in [2.05, 4.69) is 15.1 Å². The summed E-state index contributed by atoms with van der Waals surface area (Å²) in [6, 6.07) is 12.9. The highest BCUT2D eigenvalue weighted by molar-refractivity contribution is 5.80. The zero-order valence-electron chi connectivity index (χ0n) is 17.5. The van der Waals surface area contributed by atoms with E-state index in [1.165, 1.54) is 4.57 Å². The van der Waals surface area contributed by atoms with E-state index >= 15 is 0 Å². The summed E-state index contributed by atoms with van der Waals surface area (Å²) in [5.41, 5.74) is 1.63. The van der Waals surface area contributed by atoms with Crippen molar-refractivity contribution >= 4 is 23.2 Å². The molecule has 8 heteroatoms. The molecular formula is C23H22N4O4. The lowest BCUT2D eigenvalue weighted by molar-refractivity contribution is 0.411. The Balaban J connectivity index is 1.64. The summed E-state index contributed by atoms with van der Waals surface area (Å²) in [6.07, 6.45) is 3.58. The number of benzene rings is 2. The van der Waals surface area contributed by atoms with Gasteiger partial charge >= 0.3 is 11.1 Å². The number of rotatable bonds is 6. The first kappa shape index (κ1) is 20.3. The lowest BCUT2D eigenvalue weighted by Gasteiger charge is -2.12. The predicted molar refractivity (Wildman–Crippen MR) is 119 cm³/mol. The molecule has 2 aromatic carbocycles. The van der Waals surface area contributed by atoms with Gasteiger partial charge in [-0.2, -0.15) is 4.98 Å². The van der Waals surface area contributed by atoms with Gasteiger partial charge in [0.25, 0.3) is 5.89 Å². The normalized spacial score (nSPS) is 11.6. The van der Waals surface area contributed by atoms with Gasteiger partial charge in [0.2, 0.25) is 5.82 Å². The van der Waals surface area contributed by atoms with E-state index in [0.717, 1.165) is 11.3 Å². The van der Waals surface area contributed by atoms with Gasteiger partial charge in [0.05, 0.1) is 18.1 Å². The van der Waals surface area contributed by atoms with Crippen LogP contribution >= 0.6 is 0 Å². The van der Waals surface area contributed by atoms with Crippen LogP contribution in [0.5, 0.6) is 5.75 Å². The Hall–Kier alpha value is -3.94. The highest BCUT2D eigenvalue weighted by Crippen LogP contribution is 2.21. The Morgan fingerprint density at radius 3 is 2.61 bits per heavy atom. The molecule has 0 amide bonds. The minimum Gasteiger partial charge on any atom is -0.497 e. The molecule has 0 saturated carbocycles. The smallest absolute Gasteiger partial charge is 0.316 e. The summed E-state index contributed by atoms with van der Waals surface area (Å²) in [5.74, 6) is 1.74. The van der Waals surface area contributed by atoms with Crippen molar-refractivity contribution in [3.8, 4) is 17.1 Å². The third-order valence-corrected chi connectivity index (χ3v) is 4.76. The monoisotopic (exact) mass is 418 g/mol. The van der Waals surface area contributed by atoms with Crippen LogP contribution in [0.1, 0.15) is 25.3 Å². The highest BCUT2D eigenvalue weighted by Gasteiger charge is 2.12. The molecule has 0 saturated heterocycles. The number of methoxy groups -OCH3 is 1. The minimum absolute atomic E-state index is 0.222. The van der Waals surface area contributed by atoms with Crippen molar-refractivity contribution in [2.75, 3.05) is 7.11 Å². The summed E-state index contributed by atoms with van der Waals surface area (Å²) < 4.78 is 12.0. The summed E-state index contributed by atoms with van der Waals surface area (Å²) in [4.78, 5) is 31.4. The predicted octanol–water partition coefficient (Wildman–Crippen LogP) is 3.57. The van der Waals surface area contributed by atoms with Gasteiger partial charge in [-0.25, -0.2) is 0 Å². The van der Waals surface area contributed by atoms with Crippen LogP contribution in [0.4, 0.5) is 0 Å². The fourth-order valence-electron chi connectivity index (χ4n) is 3.27. The Morgan fingerprint density at radius 2 is 1.90 bits per heavy atom. The largest absolute Gasteiger partial charge is 0.497 e. The van der Waals surface area contributed by atoms with Crippen LogP contribution in [0.15, 0.2) is 56.6 Å². The molecule has 0 aliphatic carbocycles. The van der Waals surface area contributed by atoms with Crippen LogP contribution in [-0.2, 0) is 6.54 Å². The Morgan fingerprint density at radius 1 is 1.13 bits per heavy atom. The molecule has 0 unspecified atom stereocenters. The van der Waals surface area contributed by atoms with Crippen molar-refractivity contribution in [1.82, 2.24) is 19.7 Å². The maximum absolute atomic E-state index is 12.3. The zero-order chi connectivity index (χ0) is 22.0. The number of hydrogen-bond donors (Lipinski definition) is 1. The third-order valence-electron chi connectivity index (χ3n) is 4.76. The fraction of sp³-hybridized carbons (Fsp3) is 0.217. The van der Waals surface area contributed by atoms with Gasteiger partial charge in [-0.1, -0.05) is 31.1 Å². The number of aromatic amines is 1. The second-order valence-electron chi connectivity index (χ2n) is 7.56. The number of aromatic nitrogens is 4. The number of nitrogens with one attached hydrogen (secondary N) is 1. The number of nitrogens with zero attached hydrogens (tertiary/aromatic N) is 3. The first-order valence-corrected chi connectivity index (χ1v) is 9.87. The van der Waals surface area contributed by atoms with Crippen molar-refractivity contribution in [1.29, 1.82) is 0 Å². The SMILES string of the molecule is COc1ccc(C=Cc2nc(-c3ccc4c(c3)[nH]c(=O)c(=O)n4CC(C)C)no2)cc1. The molecule has 158 valence electrons. The molecule has 1 N–H and O–H groups in total. The molecule has 8 nitrogen and oxygen atoms in total. The lowest BCUT2D eigenvalue weighted by Crippen LogP contribution is -2.37. The lowest BCUT2D eigenvalue weighted by atomic mass is 10.1. The molecule has 0 bridgehead atoms. The summed E-state index contributed by atoms with van der Waals surface area (Å²) in [6.45, 7) is 4.45. The quantitative estimate of drug-likeness (QED) is 0.480. The molecule has 4 aromatic rings. The third kappa shape index (κ3) is 4.32. The molecule has 31 heavy (non-hydrogen) atoms. The molecule has 0 atom stereocenters. The van der Waals surface area contributed by atoms with Gasteiger partial charge in [-0.05, 0) is 47.9 Å². The van der Waals surface area contributed by atoms with E-state index in [9.17, 15) is 9.59 Å². The number of H-pyrrole nitrogens is 1. The summed E-state index contributed by atoms with van der Waals surface area (Å²) >= 11 is 0. The maximum atomic E-state index is 12.3. The Kier molecular flexibility index (Phi) is 5.53. The molecule has 2 heterocycles. The van der Waals surface area contributed by atoms with E-state index in [-0.39, 0.29) is 5.92 Å². The molecule has 0 aliphatic rings. The van der Waals surface area contributed by atoms with Gasteiger partial charge in [-0.3, -0.25) is 9.59 Å². The van der Waals surface area contributed by atoms with Gasteiger partial charge in [0, 0.05) is 18.2 Å². The van der Waals surface area contributed by atoms with E-state index in [1.807, 2.05) is 44.2 Å². The molecule has 0 radical (unpaired) electrons. The average Bonchev–Trinajstić information content (AvgIpc) is 3.24. The second-order valence-corrected chi connectivity index (χ2v) is 7.56. The highest BCUT2D eigenvalue weighted by atomic mass is 16.5. The van der Waals surface area contributed by atoms with Crippen LogP contribution in [0, 0.1) is 5.92 Å². The first-order valence-electron chi connectivity index (χ1n) is 9.87. The molecule has 4 rings (SSSR count). The van der Waals surface area contributed by atoms with E-state index in [0.29, 0.717) is 34.9 Å². The van der Waals surface area contributed by atoms with Crippen molar-refractivity contribution < 1.29 is 9.26 Å². The molecular weight excluding hydrogens is 396 g/mol. The van der Waals surface area contributed by atoms with Crippen LogP contribution < -0.4 is 15.9 Å². The zero-order valence-corrected chi connectivity index (χ0v) is 17.5.